The predicted octanol–water partition coefficient (Wildman–Crippen LogP) is 1.20. The van der Waals surface area contributed by atoms with E-state index < -0.39 is 5.97 Å². The summed E-state index contributed by atoms with van der Waals surface area (Å²) < 4.78 is 1.55. The van der Waals surface area contributed by atoms with Gasteiger partial charge in [0, 0.05) is 18.7 Å². The lowest BCUT2D eigenvalue weighted by Crippen LogP contribution is -2.20. The van der Waals surface area contributed by atoms with Crippen molar-refractivity contribution in [2.75, 3.05) is 13.1 Å². The van der Waals surface area contributed by atoms with Crippen LogP contribution in [-0.4, -0.2) is 38.8 Å². The zero-order valence-corrected chi connectivity index (χ0v) is 9.52. The molecule has 0 unspecified atom stereocenters. The SMILES string of the molecule is CCn1ncc(CN2CCCC2)c1C(=O)O. The Morgan fingerprint density at radius 1 is 1.50 bits per heavy atom. The van der Waals surface area contributed by atoms with Gasteiger partial charge in [0.2, 0.25) is 0 Å². The van der Waals surface area contributed by atoms with Gasteiger partial charge < -0.3 is 5.11 Å². The highest BCUT2D eigenvalue weighted by Gasteiger charge is 2.20. The summed E-state index contributed by atoms with van der Waals surface area (Å²) in [5, 5.41) is 13.3. The van der Waals surface area contributed by atoms with Gasteiger partial charge in [0.1, 0.15) is 0 Å². The number of rotatable bonds is 4. The molecule has 0 bridgehead atoms. The molecule has 1 fully saturated rings. The molecule has 5 heteroatoms. The third-order valence-corrected chi connectivity index (χ3v) is 3.01. The summed E-state index contributed by atoms with van der Waals surface area (Å²) in [6.45, 7) is 5.34. The van der Waals surface area contributed by atoms with E-state index in [1.165, 1.54) is 12.8 Å². The van der Waals surface area contributed by atoms with Crippen molar-refractivity contribution in [3.05, 3.63) is 17.5 Å². The Kier molecular flexibility index (Phi) is 3.24. The van der Waals surface area contributed by atoms with Crippen LogP contribution in [0.25, 0.3) is 0 Å². The number of hydrogen-bond donors (Lipinski definition) is 1. The molecule has 0 atom stereocenters. The van der Waals surface area contributed by atoms with Crippen molar-refractivity contribution in [1.29, 1.82) is 0 Å². The molecule has 2 heterocycles. The quantitative estimate of drug-likeness (QED) is 0.833. The Balaban J connectivity index is 2.19. The Hall–Kier alpha value is -1.36. The van der Waals surface area contributed by atoms with Gasteiger partial charge in [-0.05, 0) is 32.9 Å². The molecule has 0 amide bonds. The maximum Gasteiger partial charge on any atom is 0.354 e. The predicted molar refractivity (Wildman–Crippen MR) is 59.4 cm³/mol. The summed E-state index contributed by atoms with van der Waals surface area (Å²) in [4.78, 5) is 13.4. The van der Waals surface area contributed by atoms with Crippen LogP contribution in [0.4, 0.5) is 0 Å². The molecule has 1 aromatic heterocycles. The monoisotopic (exact) mass is 223 g/mol. The summed E-state index contributed by atoms with van der Waals surface area (Å²) in [5.41, 5.74) is 1.17. The van der Waals surface area contributed by atoms with E-state index in [0.29, 0.717) is 18.8 Å². The first-order valence-electron chi connectivity index (χ1n) is 5.72. The first-order valence-corrected chi connectivity index (χ1v) is 5.72. The second-order valence-electron chi connectivity index (χ2n) is 4.12. The molecule has 1 aromatic rings. The second kappa shape index (κ2) is 4.65. The number of aromatic carboxylic acids is 1. The topological polar surface area (TPSA) is 58.4 Å². The van der Waals surface area contributed by atoms with Gasteiger partial charge in [-0.25, -0.2) is 4.79 Å². The van der Waals surface area contributed by atoms with Crippen LogP contribution in [0.2, 0.25) is 0 Å². The smallest absolute Gasteiger partial charge is 0.354 e. The average Bonchev–Trinajstić information content (AvgIpc) is 2.87. The Morgan fingerprint density at radius 3 is 2.75 bits per heavy atom. The standard InChI is InChI=1S/C11H17N3O2/c1-2-14-10(11(15)16)9(7-12-14)8-13-5-3-4-6-13/h7H,2-6,8H2,1H3,(H,15,16). The van der Waals surface area contributed by atoms with E-state index in [9.17, 15) is 4.79 Å². The lowest BCUT2D eigenvalue weighted by atomic mass is 10.2. The molecule has 0 spiro atoms. The van der Waals surface area contributed by atoms with Crippen LogP contribution in [0.15, 0.2) is 6.20 Å². The molecule has 1 aliphatic heterocycles. The van der Waals surface area contributed by atoms with Crippen molar-refractivity contribution >= 4 is 5.97 Å². The van der Waals surface area contributed by atoms with Crippen LogP contribution in [-0.2, 0) is 13.1 Å². The lowest BCUT2D eigenvalue weighted by molar-refractivity contribution is 0.0681. The molecule has 0 radical (unpaired) electrons. The second-order valence-corrected chi connectivity index (χ2v) is 4.12. The fourth-order valence-corrected chi connectivity index (χ4v) is 2.21. The highest BCUT2D eigenvalue weighted by atomic mass is 16.4. The maximum absolute atomic E-state index is 11.2. The van der Waals surface area contributed by atoms with Crippen molar-refractivity contribution in [2.45, 2.75) is 32.9 Å². The van der Waals surface area contributed by atoms with E-state index in [4.69, 9.17) is 5.11 Å². The number of nitrogens with zero attached hydrogens (tertiary/aromatic N) is 3. The van der Waals surface area contributed by atoms with E-state index >= 15 is 0 Å². The number of carboxylic acids is 1. The summed E-state index contributed by atoms with van der Waals surface area (Å²) in [5.74, 6) is -0.881. The van der Waals surface area contributed by atoms with Crippen molar-refractivity contribution in [1.82, 2.24) is 14.7 Å². The number of aryl methyl sites for hydroxylation is 1. The van der Waals surface area contributed by atoms with Crippen LogP contribution >= 0.6 is 0 Å². The molecule has 88 valence electrons. The highest BCUT2D eigenvalue weighted by Crippen LogP contribution is 2.16. The van der Waals surface area contributed by atoms with E-state index in [2.05, 4.69) is 10.00 Å². The first-order chi connectivity index (χ1) is 7.72. The van der Waals surface area contributed by atoms with Gasteiger partial charge in [0.25, 0.3) is 0 Å². The van der Waals surface area contributed by atoms with Gasteiger partial charge >= 0.3 is 5.97 Å². The minimum absolute atomic E-state index is 0.342. The van der Waals surface area contributed by atoms with Crippen LogP contribution in [0.1, 0.15) is 35.8 Å². The van der Waals surface area contributed by atoms with E-state index in [-0.39, 0.29) is 0 Å². The summed E-state index contributed by atoms with van der Waals surface area (Å²) in [6.07, 6.45) is 4.11. The third kappa shape index (κ3) is 2.09. The molecule has 5 nitrogen and oxygen atoms in total. The van der Waals surface area contributed by atoms with Gasteiger partial charge in [-0.1, -0.05) is 0 Å². The van der Waals surface area contributed by atoms with Gasteiger partial charge in [-0.15, -0.1) is 0 Å². The third-order valence-electron chi connectivity index (χ3n) is 3.01. The molecule has 1 aliphatic rings. The van der Waals surface area contributed by atoms with Crippen molar-refractivity contribution in [3.8, 4) is 0 Å². The van der Waals surface area contributed by atoms with E-state index in [1.54, 1.807) is 10.9 Å². The maximum atomic E-state index is 11.2. The van der Waals surface area contributed by atoms with Crippen molar-refractivity contribution in [3.63, 3.8) is 0 Å². The molecule has 0 saturated carbocycles. The summed E-state index contributed by atoms with van der Waals surface area (Å²) in [7, 11) is 0. The normalized spacial score (nSPS) is 16.8. The summed E-state index contributed by atoms with van der Waals surface area (Å²) in [6, 6.07) is 0. The zero-order chi connectivity index (χ0) is 11.5. The fourth-order valence-electron chi connectivity index (χ4n) is 2.21. The van der Waals surface area contributed by atoms with Gasteiger partial charge in [-0.2, -0.15) is 5.10 Å². The average molecular weight is 223 g/mol. The molecule has 1 saturated heterocycles. The number of carboxylic acid groups (broad SMARTS) is 1. The molecule has 1 N–H and O–H groups in total. The van der Waals surface area contributed by atoms with Crippen LogP contribution < -0.4 is 0 Å². The molecule has 2 rings (SSSR count). The van der Waals surface area contributed by atoms with E-state index in [0.717, 1.165) is 18.7 Å². The number of hydrogen-bond acceptors (Lipinski definition) is 3. The Labute approximate surface area is 94.7 Å². The number of carbonyl (C=O) groups is 1. The number of likely N-dealkylation sites (tertiary alicyclic amines) is 1. The van der Waals surface area contributed by atoms with Gasteiger partial charge in [-0.3, -0.25) is 9.58 Å². The van der Waals surface area contributed by atoms with Crippen molar-refractivity contribution < 1.29 is 9.90 Å². The summed E-state index contributed by atoms with van der Waals surface area (Å²) >= 11 is 0. The first kappa shape index (κ1) is 11.1. The molecule has 0 aromatic carbocycles. The molecular formula is C11H17N3O2. The van der Waals surface area contributed by atoms with Gasteiger partial charge in [0.15, 0.2) is 5.69 Å². The lowest BCUT2D eigenvalue weighted by Gasteiger charge is -2.13. The molecule has 16 heavy (non-hydrogen) atoms. The van der Waals surface area contributed by atoms with E-state index in [1.807, 2.05) is 6.92 Å². The van der Waals surface area contributed by atoms with Crippen LogP contribution in [0.5, 0.6) is 0 Å². The number of aromatic nitrogens is 2. The molecule has 0 aliphatic carbocycles. The minimum atomic E-state index is -0.881. The molecular weight excluding hydrogens is 206 g/mol. The largest absolute Gasteiger partial charge is 0.477 e. The Morgan fingerprint density at radius 2 is 2.19 bits per heavy atom. The minimum Gasteiger partial charge on any atom is -0.477 e. The highest BCUT2D eigenvalue weighted by molar-refractivity contribution is 5.87. The van der Waals surface area contributed by atoms with Crippen molar-refractivity contribution in [2.24, 2.45) is 0 Å². The van der Waals surface area contributed by atoms with Crippen LogP contribution in [0.3, 0.4) is 0 Å². The van der Waals surface area contributed by atoms with Gasteiger partial charge in [0.05, 0.1) is 6.20 Å². The van der Waals surface area contributed by atoms with Crippen LogP contribution in [0, 0.1) is 0 Å². The fraction of sp³-hybridized carbons (Fsp3) is 0.636. The Bertz CT molecular complexity index is 381. The zero-order valence-electron chi connectivity index (χ0n) is 9.52.